The second-order valence-corrected chi connectivity index (χ2v) is 4.42. The maximum absolute atomic E-state index is 5.84. The highest BCUT2D eigenvalue weighted by atomic mass is 35.5. The predicted molar refractivity (Wildman–Crippen MR) is 73.3 cm³/mol. The van der Waals surface area contributed by atoms with Crippen molar-refractivity contribution in [1.29, 1.82) is 0 Å². The number of methoxy groups -OCH3 is 1. The summed E-state index contributed by atoms with van der Waals surface area (Å²) < 4.78 is 7.26. The van der Waals surface area contributed by atoms with Crippen LogP contribution >= 0.6 is 11.6 Å². The molecule has 0 aliphatic carbocycles. The van der Waals surface area contributed by atoms with Crippen molar-refractivity contribution in [3.05, 3.63) is 36.0 Å². The molecule has 0 aliphatic rings. The minimum absolute atomic E-state index is 0.220. The van der Waals surface area contributed by atoms with Crippen LogP contribution in [0.3, 0.4) is 0 Å². The van der Waals surface area contributed by atoms with Gasteiger partial charge in [0, 0.05) is 36.6 Å². The highest BCUT2D eigenvalue weighted by Crippen LogP contribution is 2.32. The van der Waals surface area contributed by atoms with Crippen molar-refractivity contribution in [2.24, 2.45) is 7.05 Å². The molecule has 0 radical (unpaired) electrons. The van der Waals surface area contributed by atoms with Gasteiger partial charge >= 0.3 is 0 Å². The van der Waals surface area contributed by atoms with Gasteiger partial charge in [0.05, 0.1) is 12.8 Å². The molecular formula is C13H11ClN4O. The largest absolute Gasteiger partial charge is 0.479 e. The van der Waals surface area contributed by atoms with E-state index in [-0.39, 0.29) is 5.28 Å². The van der Waals surface area contributed by atoms with Crippen LogP contribution in [0.5, 0.6) is 5.88 Å². The maximum atomic E-state index is 5.84. The normalized spacial score (nSPS) is 10.9. The molecule has 0 amide bonds. The molecule has 0 aliphatic heterocycles. The maximum Gasteiger partial charge on any atom is 0.238 e. The van der Waals surface area contributed by atoms with Gasteiger partial charge in [0.2, 0.25) is 11.2 Å². The van der Waals surface area contributed by atoms with E-state index in [0.717, 1.165) is 22.2 Å². The summed E-state index contributed by atoms with van der Waals surface area (Å²) in [5.74, 6) is 0.589. The van der Waals surface area contributed by atoms with Gasteiger partial charge in [0.15, 0.2) is 0 Å². The number of hydrogen-bond acceptors (Lipinski definition) is 4. The Bertz CT molecular complexity index is 753. The Morgan fingerprint density at radius 1 is 1.26 bits per heavy atom. The van der Waals surface area contributed by atoms with Gasteiger partial charge in [-0.05, 0) is 23.7 Å². The van der Waals surface area contributed by atoms with Crippen LogP contribution in [0.1, 0.15) is 0 Å². The zero-order valence-electron chi connectivity index (χ0n) is 10.5. The quantitative estimate of drug-likeness (QED) is 0.674. The Kier molecular flexibility index (Phi) is 2.83. The van der Waals surface area contributed by atoms with Gasteiger partial charge in [-0.2, -0.15) is 0 Å². The second-order valence-electron chi connectivity index (χ2n) is 4.08. The molecule has 3 aromatic rings. The molecule has 5 nitrogen and oxygen atoms in total. The molecule has 6 heteroatoms. The summed E-state index contributed by atoms with van der Waals surface area (Å²) in [7, 11) is 3.55. The fraction of sp³-hybridized carbons (Fsp3) is 0.154. The standard InChI is InChI=1S/C13H11ClN4O/c1-18-6-4-8-9(7-16-12(19-2)11(8)18)10-3-5-15-13(14)17-10/h3-7H,1-2H3. The van der Waals surface area contributed by atoms with Crippen LogP contribution in [0.4, 0.5) is 0 Å². The van der Waals surface area contributed by atoms with Gasteiger partial charge in [-0.15, -0.1) is 0 Å². The number of pyridine rings is 1. The molecule has 0 N–H and O–H groups in total. The first kappa shape index (κ1) is 11.9. The minimum Gasteiger partial charge on any atom is -0.479 e. The van der Waals surface area contributed by atoms with Crippen LogP contribution in [0.2, 0.25) is 5.28 Å². The van der Waals surface area contributed by atoms with Crippen molar-refractivity contribution in [2.45, 2.75) is 0 Å². The van der Waals surface area contributed by atoms with E-state index < -0.39 is 0 Å². The fourth-order valence-corrected chi connectivity index (χ4v) is 2.25. The van der Waals surface area contributed by atoms with Crippen LogP contribution in [-0.4, -0.2) is 26.6 Å². The predicted octanol–water partition coefficient (Wildman–Crippen LogP) is 2.69. The van der Waals surface area contributed by atoms with Crippen molar-refractivity contribution in [1.82, 2.24) is 19.5 Å². The first-order valence-corrected chi connectivity index (χ1v) is 6.05. The third-order valence-corrected chi connectivity index (χ3v) is 3.15. The van der Waals surface area contributed by atoms with Gasteiger partial charge < -0.3 is 9.30 Å². The zero-order valence-corrected chi connectivity index (χ0v) is 11.2. The topological polar surface area (TPSA) is 52.8 Å². The minimum atomic E-state index is 0.220. The van der Waals surface area contributed by atoms with Crippen molar-refractivity contribution < 1.29 is 4.74 Å². The van der Waals surface area contributed by atoms with E-state index in [2.05, 4.69) is 15.0 Å². The lowest BCUT2D eigenvalue weighted by atomic mass is 10.1. The lowest BCUT2D eigenvalue weighted by molar-refractivity contribution is 0.401. The van der Waals surface area contributed by atoms with E-state index in [1.54, 1.807) is 19.5 Å². The molecule has 3 rings (SSSR count). The molecule has 3 heterocycles. The van der Waals surface area contributed by atoms with Gasteiger partial charge in [0.1, 0.15) is 5.52 Å². The molecule has 96 valence electrons. The Morgan fingerprint density at radius 3 is 2.84 bits per heavy atom. The average molecular weight is 275 g/mol. The summed E-state index contributed by atoms with van der Waals surface area (Å²) in [6.07, 6.45) is 5.32. The number of ether oxygens (including phenoxy) is 1. The highest BCUT2D eigenvalue weighted by Gasteiger charge is 2.13. The molecule has 0 bridgehead atoms. The Labute approximate surface area is 114 Å². The summed E-state index contributed by atoms with van der Waals surface area (Å²) >= 11 is 5.84. The summed E-state index contributed by atoms with van der Waals surface area (Å²) in [6, 6.07) is 3.81. The number of aryl methyl sites for hydroxylation is 1. The number of aromatic nitrogens is 4. The van der Waals surface area contributed by atoms with Crippen molar-refractivity contribution in [3.8, 4) is 17.1 Å². The zero-order chi connectivity index (χ0) is 13.4. The molecule has 0 spiro atoms. The summed E-state index contributed by atoms with van der Waals surface area (Å²) in [5, 5.41) is 1.24. The van der Waals surface area contributed by atoms with Crippen molar-refractivity contribution in [3.63, 3.8) is 0 Å². The van der Waals surface area contributed by atoms with E-state index in [1.807, 2.05) is 29.9 Å². The highest BCUT2D eigenvalue weighted by molar-refractivity contribution is 6.28. The first-order valence-electron chi connectivity index (χ1n) is 5.67. The summed E-state index contributed by atoms with van der Waals surface area (Å²) in [6.45, 7) is 0. The third kappa shape index (κ3) is 1.92. The van der Waals surface area contributed by atoms with E-state index in [1.165, 1.54) is 0 Å². The summed E-state index contributed by atoms with van der Waals surface area (Å²) in [5.41, 5.74) is 2.57. The third-order valence-electron chi connectivity index (χ3n) is 2.97. The number of nitrogens with zero attached hydrogens (tertiary/aromatic N) is 4. The van der Waals surface area contributed by atoms with E-state index in [4.69, 9.17) is 16.3 Å². The van der Waals surface area contributed by atoms with Gasteiger partial charge in [0.25, 0.3) is 0 Å². The lowest BCUT2D eigenvalue weighted by Gasteiger charge is -2.07. The summed E-state index contributed by atoms with van der Waals surface area (Å²) in [4.78, 5) is 12.4. The van der Waals surface area contributed by atoms with Gasteiger partial charge in [-0.25, -0.2) is 15.0 Å². The second kappa shape index (κ2) is 4.51. The first-order chi connectivity index (χ1) is 9.20. The Hall–Kier alpha value is -2.14. The van der Waals surface area contributed by atoms with Crippen LogP contribution < -0.4 is 4.74 Å². The number of halogens is 1. The van der Waals surface area contributed by atoms with Crippen LogP contribution in [0.15, 0.2) is 30.7 Å². The number of hydrogen-bond donors (Lipinski definition) is 0. The van der Waals surface area contributed by atoms with Crippen LogP contribution in [-0.2, 0) is 7.05 Å². The Morgan fingerprint density at radius 2 is 2.11 bits per heavy atom. The molecule has 0 saturated carbocycles. The Balaban J connectivity index is 2.31. The molecule has 0 saturated heterocycles. The van der Waals surface area contributed by atoms with Gasteiger partial charge in [-0.3, -0.25) is 0 Å². The molecule has 0 atom stereocenters. The van der Waals surface area contributed by atoms with E-state index in [9.17, 15) is 0 Å². The van der Waals surface area contributed by atoms with Crippen molar-refractivity contribution >= 4 is 22.5 Å². The smallest absolute Gasteiger partial charge is 0.238 e. The molecule has 19 heavy (non-hydrogen) atoms. The van der Waals surface area contributed by atoms with Gasteiger partial charge in [-0.1, -0.05) is 0 Å². The SMILES string of the molecule is COc1ncc(-c2ccnc(Cl)n2)c2ccn(C)c12. The molecule has 0 fully saturated rings. The molecule has 0 unspecified atom stereocenters. The van der Waals surface area contributed by atoms with Crippen molar-refractivity contribution in [2.75, 3.05) is 7.11 Å². The fourth-order valence-electron chi connectivity index (χ4n) is 2.11. The van der Waals surface area contributed by atoms with Crippen LogP contribution in [0.25, 0.3) is 22.2 Å². The van der Waals surface area contributed by atoms with E-state index in [0.29, 0.717) is 5.88 Å². The van der Waals surface area contributed by atoms with E-state index >= 15 is 0 Å². The molecule has 3 aromatic heterocycles. The molecular weight excluding hydrogens is 264 g/mol. The number of rotatable bonds is 2. The molecule has 0 aromatic carbocycles. The lowest BCUT2D eigenvalue weighted by Crippen LogP contribution is -1.95. The number of fused-ring (bicyclic) bond motifs is 1. The van der Waals surface area contributed by atoms with Crippen LogP contribution in [0, 0.1) is 0 Å². The monoisotopic (exact) mass is 274 g/mol. The average Bonchev–Trinajstić information content (AvgIpc) is 2.80.